The summed E-state index contributed by atoms with van der Waals surface area (Å²) in [5.41, 5.74) is 1.63. The largest absolute Gasteiger partial charge is 0.493 e. The number of piperazine rings is 1. The summed E-state index contributed by atoms with van der Waals surface area (Å²) in [4.78, 5) is 21.6. The molecule has 5 rings (SSSR count). The number of methoxy groups -OCH3 is 1. The van der Waals surface area contributed by atoms with Crippen molar-refractivity contribution in [2.75, 3.05) is 58.8 Å². The number of pyridine rings is 1. The summed E-state index contributed by atoms with van der Waals surface area (Å²) in [7, 11) is -0.125. The van der Waals surface area contributed by atoms with Crippen molar-refractivity contribution in [3.05, 3.63) is 89.7 Å². The van der Waals surface area contributed by atoms with E-state index in [4.69, 9.17) is 14.2 Å². The third-order valence-electron chi connectivity index (χ3n) is 7.63. The molecule has 1 amide bonds. The van der Waals surface area contributed by atoms with Gasteiger partial charge in [-0.3, -0.25) is 9.78 Å². The molecule has 46 heavy (non-hydrogen) atoms. The van der Waals surface area contributed by atoms with Gasteiger partial charge in [0, 0.05) is 73.6 Å². The van der Waals surface area contributed by atoms with Crippen molar-refractivity contribution < 1.29 is 31.8 Å². The molecule has 0 spiro atoms. The molecule has 242 valence electrons. The highest BCUT2D eigenvalue weighted by atomic mass is 32.2. The van der Waals surface area contributed by atoms with Crippen molar-refractivity contribution in [3.63, 3.8) is 0 Å². The number of amides is 1. The minimum atomic E-state index is -3.81. The van der Waals surface area contributed by atoms with Gasteiger partial charge in [0.15, 0.2) is 32.9 Å². The maximum absolute atomic E-state index is 15.1. The summed E-state index contributed by atoms with van der Waals surface area (Å²) < 4.78 is 57.6. The number of rotatable bonds is 12. The van der Waals surface area contributed by atoms with Gasteiger partial charge >= 0.3 is 0 Å². The van der Waals surface area contributed by atoms with Crippen LogP contribution in [0, 0.1) is 12.7 Å². The Balaban J connectivity index is 1.22. The van der Waals surface area contributed by atoms with Crippen LogP contribution < -0.4 is 19.5 Å². The first-order valence-electron chi connectivity index (χ1n) is 14.9. The number of carbonyl (C=O) groups is 1. The quantitative estimate of drug-likeness (QED) is 0.159. The van der Waals surface area contributed by atoms with E-state index in [9.17, 15) is 13.2 Å². The van der Waals surface area contributed by atoms with Gasteiger partial charge < -0.3 is 29.3 Å². The molecule has 10 nitrogen and oxygen atoms in total. The topological polar surface area (TPSA) is 110 Å². The third-order valence-corrected chi connectivity index (χ3v) is 9.05. The Morgan fingerprint density at radius 2 is 1.74 bits per heavy atom. The minimum Gasteiger partial charge on any atom is -0.493 e. The van der Waals surface area contributed by atoms with Crippen LogP contribution in [0.1, 0.15) is 12.0 Å². The van der Waals surface area contributed by atoms with Crippen molar-refractivity contribution >= 4 is 32.3 Å². The van der Waals surface area contributed by atoms with Crippen LogP contribution >= 0.6 is 0 Å². The number of carbonyl (C=O) groups excluding carboxylic acids is 1. The number of nitrogens with zero attached hydrogens (tertiary/aromatic N) is 3. The molecule has 0 atom stereocenters. The number of halogens is 1. The molecule has 1 saturated heterocycles. The number of sulfone groups is 1. The van der Waals surface area contributed by atoms with Crippen molar-refractivity contribution in [2.45, 2.75) is 18.2 Å². The van der Waals surface area contributed by atoms with Crippen LogP contribution in [0.3, 0.4) is 0 Å². The van der Waals surface area contributed by atoms with Gasteiger partial charge in [0.25, 0.3) is 0 Å². The van der Waals surface area contributed by atoms with E-state index >= 15 is 4.39 Å². The standard InChI is InChI=1S/C34H37FN4O6S/c1-24-5-8-26(9-6-24)46(41,42)20-12-34(40)37-25-7-10-31(28(35)21-25)45-30-11-13-36-29-23-33(32(43-3)22-27(29)30)44-19-4-14-39-17-15-38(2)16-18-39/h5-13,20-23H,4,14-19H2,1-3H3,(H,37,40)/b20-12+. The average Bonchev–Trinajstić information content (AvgIpc) is 3.04. The number of nitrogens with one attached hydrogen (secondary N) is 1. The van der Waals surface area contributed by atoms with Gasteiger partial charge in [0.1, 0.15) is 5.75 Å². The summed E-state index contributed by atoms with van der Waals surface area (Å²) in [6.45, 7) is 7.58. The highest BCUT2D eigenvalue weighted by Crippen LogP contribution is 2.38. The SMILES string of the molecule is COc1cc2c(Oc3ccc(NC(=O)/C=C/S(=O)(=O)c4ccc(C)cc4)cc3F)ccnc2cc1OCCCN1CCN(C)CC1. The molecule has 0 unspecified atom stereocenters. The fourth-order valence-corrected chi connectivity index (χ4v) is 5.93. The fraction of sp³-hybridized carbons (Fsp3) is 0.294. The summed E-state index contributed by atoms with van der Waals surface area (Å²) in [5, 5.41) is 3.88. The number of hydrogen-bond donors (Lipinski definition) is 1. The Morgan fingerprint density at radius 1 is 0.978 bits per heavy atom. The molecule has 1 fully saturated rings. The Morgan fingerprint density at radius 3 is 2.46 bits per heavy atom. The molecule has 2 heterocycles. The Bertz CT molecular complexity index is 1820. The van der Waals surface area contributed by atoms with Gasteiger partial charge in [-0.15, -0.1) is 0 Å². The normalized spacial score (nSPS) is 14.4. The van der Waals surface area contributed by atoms with Crippen LogP contribution in [0.5, 0.6) is 23.0 Å². The van der Waals surface area contributed by atoms with Crippen LogP contribution in [0.15, 0.2) is 83.2 Å². The lowest BCUT2D eigenvalue weighted by atomic mass is 10.1. The summed E-state index contributed by atoms with van der Waals surface area (Å²) in [5.74, 6) is -0.124. The van der Waals surface area contributed by atoms with E-state index in [1.54, 1.807) is 43.6 Å². The molecule has 1 aromatic heterocycles. The zero-order valence-corrected chi connectivity index (χ0v) is 26.8. The Labute approximate surface area is 268 Å². The molecule has 0 bridgehead atoms. The fourth-order valence-electron chi connectivity index (χ4n) is 4.95. The van der Waals surface area contributed by atoms with Crippen LogP contribution in [0.2, 0.25) is 0 Å². The second-order valence-electron chi connectivity index (χ2n) is 11.1. The lowest BCUT2D eigenvalue weighted by Crippen LogP contribution is -2.44. The number of likely N-dealkylation sites (N-methyl/N-ethyl adjacent to an activating group) is 1. The van der Waals surface area contributed by atoms with Crippen molar-refractivity contribution in [1.29, 1.82) is 0 Å². The highest BCUT2D eigenvalue weighted by molar-refractivity contribution is 7.94. The van der Waals surface area contributed by atoms with E-state index in [-0.39, 0.29) is 16.3 Å². The summed E-state index contributed by atoms with van der Waals surface area (Å²) >= 11 is 0. The van der Waals surface area contributed by atoms with E-state index in [0.717, 1.165) is 62.3 Å². The number of aromatic nitrogens is 1. The number of ether oxygens (including phenoxy) is 3. The van der Waals surface area contributed by atoms with Gasteiger partial charge in [-0.2, -0.15) is 0 Å². The predicted molar refractivity (Wildman–Crippen MR) is 175 cm³/mol. The van der Waals surface area contributed by atoms with E-state index < -0.39 is 21.6 Å². The molecule has 4 aromatic rings. The number of fused-ring (bicyclic) bond motifs is 1. The molecule has 0 radical (unpaired) electrons. The van der Waals surface area contributed by atoms with Crippen LogP contribution in [-0.4, -0.2) is 82.6 Å². The predicted octanol–water partition coefficient (Wildman–Crippen LogP) is 5.43. The van der Waals surface area contributed by atoms with Gasteiger partial charge in [-0.25, -0.2) is 12.8 Å². The summed E-state index contributed by atoms with van der Waals surface area (Å²) in [6, 6.07) is 15.3. The lowest BCUT2D eigenvalue weighted by molar-refractivity contribution is -0.111. The van der Waals surface area contributed by atoms with E-state index in [1.807, 2.05) is 6.92 Å². The second kappa shape index (κ2) is 14.7. The van der Waals surface area contributed by atoms with Gasteiger partial charge in [0.2, 0.25) is 5.91 Å². The van der Waals surface area contributed by atoms with Crippen molar-refractivity contribution in [2.24, 2.45) is 0 Å². The Kier molecular flexibility index (Phi) is 10.5. The van der Waals surface area contributed by atoms with Crippen molar-refractivity contribution in [3.8, 4) is 23.0 Å². The smallest absolute Gasteiger partial charge is 0.249 e. The first kappa shape index (κ1) is 32.9. The number of aryl methyl sites for hydroxylation is 1. The minimum absolute atomic E-state index is 0.0661. The monoisotopic (exact) mass is 648 g/mol. The number of benzene rings is 3. The molecular weight excluding hydrogens is 611 g/mol. The molecule has 12 heteroatoms. The second-order valence-corrected chi connectivity index (χ2v) is 12.9. The van der Waals surface area contributed by atoms with Gasteiger partial charge in [0.05, 0.1) is 24.1 Å². The van der Waals surface area contributed by atoms with E-state index in [0.29, 0.717) is 34.8 Å². The molecule has 1 N–H and O–H groups in total. The lowest BCUT2D eigenvalue weighted by Gasteiger charge is -2.32. The molecule has 1 aliphatic rings. The van der Waals surface area contributed by atoms with Gasteiger partial charge in [-0.1, -0.05) is 17.7 Å². The first-order valence-corrected chi connectivity index (χ1v) is 16.4. The van der Waals surface area contributed by atoms with Crippen LogP contribution in [0.4, 0.5) is 10.1 Å². The summed E-state index contributed by atoms with van der Waals surface area (Å²) in [6.07, 6.45) is 3.32. The molecular formula is C34H37FN4O6S. The zero-order valence-electron chi connectivity index (χ0n) is 26.0. The van der Waals surface area contributed by atoms with E-state index in [1.165, 1.54) is 24.3 Å². The van der Waals surface area contributed by atoms with Crippen LogP contribution in [0.25, 0.3) is 10.9 Å². The molecule has 3 aromatic carbocycles. The maximum Gasteiger partial charge on any atom is 0.249 e. The first-order chi connectivity index (χ1) is 22.1. The van der Waals surface area contributed by atoms with E-state index in [2.05, 4.69) is 27.1 Å². The number of anilines is 1. The van der Waals surface area contributed by atoms with Crippen LogP contribution in [-0.2, 0) is 14.6 Å². The van der Waals surface area contributed by atoms with Crippen molar-refractivity contribution in [1.82, 2.24) is 14.8 Å². The number of hydrogen-bond acceptors (Lipinski definition) is 9. The molecule has 1 aliphatic heterocycles. The molecule has 0 saturated carbocycles. The van der Waals surface area contributed by atoms with Gasteiger partial charge in [-0.05, 0) is 56.8 Å². The molecule has 0 aliphatic carbocycles. The zero-order chi connectivity index (χ0) is 32.7. The Hall–Kier alpha value is -4.52. The highest BCUT2D eigenvalue weighted by Gasteiger charge is 2.16. The average molecular weight is 649 g/mol. The maximum atomic E-state index is 15.1. The third kappa shape index (κ3) is 8.39.